The third-order valence-corrected chi connectivity index (χ3v) is 7.23. The number of Topliss-reactive ketones (excluding diaryl/α,β-unsaturated/α-hetero) is 1. The minimum absolute atomic E-state index is 0.0884. The molecule has 0 amide bonds. The lowest BCUT2D eigenvalue weighted by Gasteiger charge is -2.14. The average molecular weight is 477 g/mol. The van der Waals surface area contributed by atoms with Crippen molar-refractivity contribution in [3.05, 3.63) is 77.3 Å². The number of rotatable bonds is 9. The van der Waals surface area contributed by atoms with E-state index in [2.05, 4.69) is 33.8 Å². The molecule has 34 heavy (non-hydrogen) atoms. The summed E-state index contributed by atoms with van der Waals surface area (Å²) in [4.78, 5) is 13.2. The highest BCUT2D eigenvalue weighted by Gasteiger charge is 2.22. The highest BCUT2D eigenvalue weighted by atomic mass is 32.2. The number of ketones is 1. The van der Waals surface area contributed by atoms with Gasteiger partial charge in [0.15, 0.2) is 16.7 Å². The van der Waals surface area contributed by atoms with Gasteiger partial charge in [0.1, 0.15) is 0 Å². The van der Waals surface area contributed by atoms with Gasteiger partial charge in [0.05, 0.1) is 24.7 Å². The van der Waals surface area contributed by atoms with E-state index in [1.807, 2.05) is 47.9 Å². The van der Waals surface area contributed by atoms with E-state index in [0.29, 0.717) is 23.3 Å². The van der Waals surface area contributed by atoms with E-state index in [9.17, 15) is 4.79 Å². The molecule has 5 rings (SSSR count). The first-order chi connectivity index (χ1) is 16.6. The summed E-state index contributed by atoms with van der Waals surface area (Å²) >= 11 is 1.41. The quantitative estimate of drug-likeness (QED) is 0.245. The van der Waals surface area contributed by atoms with Crippen LogP contribution < -0.4 is 0 Å². The molecule has 0 radical (unpaired) electrons. The maximum absolute atomic E-state index is 13.2. The zero-order valence-electron chi connectivity index (χ0n) is 19.4. The molecule has 0 N–H and O–H groups in total. The fraction of sp³-hybridized carbons (Fsp3) is 0.346. The molecule has 1 fully saturated rings. The highest BCUT2D eigenvalue weighted by Crippen LogP contribution is 2.27. The summed E-state index contributed by atoms with van der Waals surface area (Å²) in [5.41, 5.74) is 3.98. The summed E-state index contributed by atoms with van der Waals surface area (Å²) < 4.78 is 15.6. The monoisotopic (exact) mass is 476 g/mol. The smallest absolute Gasteiger partial charge is 0.200 e. The minimum Gasteiger partial charge on any atom is -0.461 e. The zero-order chi connectivity index (χ0) is 23.5. The van der Waals surface area contributed by atoms with Crippen molar-refractivity contribution in [1.29, 1.82) is 0 Å². The van der Waals surface area contributed by atoms with E-state index in [4.69, 9.17) is 9.15 Å². The Morgan fingerprint density at radius 3 is 2.71 bits per heavy atom. The van der Waals surface area contributed by atoms with Gasteiger partial charge in [-0.1, -0.05) is 42.1 Å². The van der Waals surface area contributed by atoms with Crippen LogP contribution in [0.3, 0.4) is 0 Å². The summed E-state index contributed by atoms with van der Waals surface area (Å²) in [7, 11) is 0. The average Bonchev–Trinajstić information content (AvgIpc) is 3.64. The Kier molecular flexibility index (Phi) is 6.69. The van der Waals surface area contributed by atoms with Gasteiger partial charge < -0.3 is 13.7 Å². The Balaban J connectivity index is 1.34. The molecule has 0 saturated carbocycles. The van der Waals surface area contributed by atoms with Gasteiger partial charge in [-0.25, -0.2) is 0 Å². The summed E-state index contributed by atoms with van der Waals surface area (Å²) in [5.74, 6) is 1.68. The molecule has 1 aromatic carbocycles. The first-order valence-electron chi connectivity index (χ1n) is 11.6. The van der Waals surface area contributed by atoms with E-state index in [-0.39, 0.29) is 17.6 Å². The number of benzene rings is 1. The van der Waals surface area contributed by atoms with Crippen LogP contribution in [-0.4, -0.2) is 43.6 Å². The molecule has 0 bridgehead atoms. The number of ether oxygens (including phenoxy) is 1. The van der Waals surface area contributed by atoms with Crippen LogP contribution in [0.4, 0.5) is 0 Å². The third kappa shape index (κ3) is 4.74. The number of carbonyl (C=O) groups excluding carboxylic acids is 1. The minimum atomic E-state index is 0.0884. The number of nitrogens with zero attached hydrogens (tertiary/aromatic N) is 4. The van der Waals surface area contributed by atoms with Crippen LogP contribution in [0.2, 0.25) is 0 Å². The molecule has 3 aromatic heterocycles. The maximum Gasteiger partial charge on any atom is 0.200 e. The topological polar surface area (TPSA) is 75.1 Å². The number of hydrogen-bond acceptors (Lipinski definition) is 6. The molecule has 8 heteroatoms. The van der Waals surface area contributed by atoms with Gasteiger partial charge in [-0.2, -0.15) is 0 Å². The SMILES string of the molecule is Cc1cc(C(=O)CSc2nnc(-c3ccco3)n2Cc2ccccc2)c(C)n1CC1CCCO1. The van der Waals surface area contributed by atoms with E-state index in [0.717, 1.165) is 48.5 Å². The van der Waals surface area contributed by atoms with Crippen molar-refractivity contribution in [3.63, 3.8) is 0 Å². The second-order valence-electron chi connectivity index (χ2n) is 8.60. The molecule has 0 spiro atoms. The number of thioether (sulfide) groups is 1. The maximum atomic E-state index is 13.2. The Morgan fingerprint density at radius 2 is 1.97 bits per heavy atom. The molecular formula is C26H28N4O3S. The predicted octanol–water partition coefficient (Wildman–Crippen LogP) is 5.16. The summed E-state index contributed by atoms with van der Waals surface area (Å²) in [6.45, 7) is 6.30. The first-order valence-corrected chi connectivity index (χ1v) is 12.5. The number of aryl methyl sites for hydroxylation is 1. The van der Waals surface area contributed by atoms with Gasteiger partial charge in [-0.05, 0) is 50.5 Å². The standard InChI is InChI=1S/C26H28N4O3S/c1-18-14-22(19(2)29(18)16-21-10-6-12-32-21)23(31)17-34-26-28-27-25(24-11-7-13-33-24)30(26)15-20-8-4-3-5-9-20/h3-5,7-9,11,13-14,21H,6,10,12,15-17H2,1-2H3. The van der Waals surface area contributed by atoms with Crippen LogP contribution in [-0.2, 0) is 17.8 Å². The van der Waals surface area contributed by atoms with Gasteiger partial charge in [0.25, 0.3) is 0 Å². The van der Waals surface area contributed by atoms with Crippen molar-refractivity contribution in [3.8, 4) is 11.6 Å². The van der Waals surface area contributed by atoms with Gasteiger partial charge in [-0.3, -0.25) is 9.36 Å². The van der Waals surface area contributed by atoms with Gasteiger partial charge in [-0.15, -0.1) is 10.2 Å². The summed E-state index contributed by atoms with van der Waals surface area (Å²) in [5, 5.41) is 9.45. The fourth-order valence-electron chi connectivity index (χ4n) is 4.46. The third-order valence-electron chi connectivity index (χ3n) is 6.26. The largest absolute Gasteiger partial charge is 0.461 e. The Labute approximate surface area is 203 Å². The van der Waals surface area contributed by atoms with Gasteiger partial charge in [0.2, 0.25) is 5.82 Å². The van der Waals surface area contributed by atoms with Crippen LogP contribution in [0.15, 0.2) is 64.4 Å². The Hall–Kier alpha value is -3.10. The Bertz CT molecular complexity index is 1250. The van der Waals surface area contributed by atoms with E-state index in [1.54, 1.807) is 6.26 Å². The van der Waals surface area contributed by atoms with Crippen molar-refractivity contribution in [2.24, 2.45) is 0 Å². The number of carbonyl (C=O) groups is 1. The normalized spacial score (nSPS) is 15.8. The first kappa shape index (κ1) is 22.7. The molecule has 0 aliphatic carbocycles. The lowest BCUT2D eigenvalue weighted by Crippen LogP contribution is -2.17. The van der Waals surface area contributed by atoms with Crippen molar-refractivity contribution in [1.82, 2.24) is 19.3 Å². The van der Waals surface area contributed by atoms with Gasteiger partial charge >= 0.3 is 0 Å². The number of furan rings is 1. The van der Waals surface area contributed by atoms with E-state index < -0.39 is 0 Å². The molecule has 1 aliphatic rings. The molecule has 1 aliphatic heterocycles. The van der Waals surface area contributed by atoms with Crippen molar-refractivity contribution >= 4 is 17.5 Å². The van der Waals surface area contributed by atoms with Crippen molar-refractivity contribution < 1.29 is 13.9 Å². The van der Waals surface area contributed by atoms with Gasteiger partial charge in [0, 0.05) is 30.1 Å². The highest BCUT2D eigenvalue weighted by molar-refractivity contribution is 7.99. The van der Waals surface area contributed by atoms with Crippen LogP contribution in [0.1, 0.15) is 40.2 Å². The zero-order valence-corrected chi connectivity index (χ0v) is 20.3. The van der Waals surface area contributed by atoms with E-state index >= 15 is 0 Å². The molecule has 4 heterocycles. The second kappa shape index (κ2) is 10.0. The summed E-state index contributed by atoms with van der Waals surface area (Å²) in [6.07, 6.45) is 4.04. The fourth-order valence-corrected chi connectivity index (χ4v) is 5.28. The number of hydrogen-bond donors (Lipinski definition) is 0. The molecule has 1 saturated heterocycles. The van der Waals surface area contributed by atoms with Crippen molar-refractivity contribution in [2.45, 2.75) is 51.0 Å². The Morgan fingerprint density at radius 1 is 1.12 bits per heavy atom. The number of aromatic nitrogens is 4. The van der Waals surface area contributed by atoms with Crippen LogP contribution in [0, 0.1) is 13.8 Å². The predicted molar refractivity (Wildman–Crippen MR) is 131 cm³/mol. The second-order valence-corrected chi connectivity index (χ2v) is 9.54. The molecule has 176 valence electrons. The lowest BCUT2D eigenvalue weighted by atomic mass is 10.2. The van der Waals surface area contributed by atoms with E-state index in [1.165, 1.54) is 11.8 Å². The molecule has 1 atom stereocenters. The van der Waals surface area contributed by atoms with Crippen LogP contribution in [0.5, 0.6) is 0 Å². The molecule has 4 aromatic rings. The summed E-state index contributed by atoms with van der Waals surface area (Å²) in [6, 6.07) is 15.8. The molecule has 1 unspecified atom stereocenters. The molecular weight excluding hydrogens is 448 g/mol. The van der Waals surface area contributed by atoms with Crippen LogP contribution >= 0.6 is 11.8 Å². The molecule has 7 nitrogen and oxygen atoms in total. The van der Waals surface area contributed by atoms with Crippen LogP contribution in [0.25, 0.3) is 11.6 Å². The van der Waals surface area contributed by atoms with Crippen molar-refractivity contribution in [2.75, 3.05) is 12.4 Å². The lowest BCUT2D eigenvalue weighted by molar-refractivity contribution is 0.0957.